The van der Waals surface area contributed by atoms with Crippen LogP contribution < -0.4 is 0 Å². The van der Waals surface area contributed by atoms with Crippen LogP contribution in [0.3, 0.4) is 0 Å². The van der Waals surface area contributed by atoms with E-state index in [0.717, 1.165) is 25.8 Å². The van der Waals surface area contributed by atoms with E-state index in [1.807, 2.05) is 22.9 Å². The molecule has 0 aliphatic carbocycles. The van der Waals surface area contributed by atoms with Crippen molar-refractivity contribution in [2.75, 3.05) is 26.7 Å². The smallest absolute Gasteiger partial charge is 0.225 e. The van der Waals surface area contributed by atoms with Crippen molar-refractivity contribution in [1.82, 2.24) is 9.80 Å². The highest BCUT2D eigenvalue weighted by Crippen LogP contribution is 2.19. The molecule has 0 bridgehead atoms. The summed E-state index contributed by atoms with van der Waals surface area (Å²) in [6.45, 7) is 3.79. The summed E-state index contributed by atoms with van der Waals surface area (Å²) in [4.78, 5) is 28.6. The molecule has 4 nitrogen and oxygen atoms in total. The third-order valence-corrected chi connectivity index (χ3v) is 4.88. The van der Waals surface area contributed by atoms with Gasteiger partial charge in [-0.1, -0.05) is 6.07 Å². The zero-order chi connectivity index (χ0) is 14.5. The summed E-state index contributed by atoms with van der Waals surface area (Å²) in [7, 11) is 1.88. The second-order valence-electron chi connectivity index (χ2n) is 5.37. The van der Waals surface area contributed by atoms with Crippen LogP contribution in [0.2, 0.25) is 0 Å². The van der Waals surface area contributed by atoms with Crippen LogP contribution in [0.25, 0.3) is 0 Å². The largest absolute Gasteiger partial charge is 0.345 e. The second-order valence-corrected chi connectivity index (χ2v) is 6.40. The third-order valence-electron chi connectivity index (χ3n) is 3.94. The Kier molecular flexibility index (Phi) is 5.17. The van der Waals surface area contributed by atoms with Gasteiger partial charge in [-0.3, -0.25) is 9.59 Å². The van der Waals surface area contributed by atoms with Gasteiger partial charge in [0.1, 0.15) is 0 Å². The van der Waals surface area contributed by atoms with E-state index in [1.54, 1.807) is 18.3 Å². The van der Waals surface area contributed by atoms with Gasteiger partial charge in [0.2, 0.25) is 11.8 Å². The maximum atomic E-state index is 12.4. The molecule has 0 N–H and O–H groups in total. The van der Waals surface area contributed by atoms with E-state index in [-0.39, 0.29) is 17.7 Å². The van der Waals surface area contributed by atoms with Crippen LogP contribution in [0.4, 0.5) is 0 Å². The lowest BCUT2D eigenvalue weighted by molar-refractivity contribution is -0.139. The summed E-state index contributed by atoms with van der Waals surface area (Å²) < 4.78 is 0. The van der Waals surface area contributed by atoms with Gasteiger partial charge < -0.3 is 9.80 Å². The van der Waals surface area contributed by atoms with Crippen molar-refractivity contribution < 1.29 is 9.59 Å². The molecule has 2 rings (SSSR count). The van der Waals surface area contributed by atoms with E-state index in [2.05, 4.69) is 11.4 Å². The maximum absolute atomic E-state index is 12.4. The van der Waals surface area contributed by atoms with Crippen molar-refractivity contribution in [3.63, 3.8) is 0 Å². The molecule has 0 saturated carbocycles. The number of hydrogen-bond donors (Lipinski definition) is 0. The molecule has 2 amide bonds. The van der Waals surface area contributed by atoms with E-state index >= 15 is 0 Å². The lowest BCUT2D eigenvalue weighted by Crippen LogP contribution is -2.43. The molecule has 0 spiro atoms. The van der Waals surface area contributed by atoms with E-state index in [9.17, 15) is 9.59 Å². The van der Waals surface area contributed by atoms with Gasteiger partial charge in [-0.15, -0.1) is 11.3 Å². The first-order chi connectivity index (χ1) is 9.58. The van der Waals surface area contributed by atoms with Gasteiger partial charge in [0.15, 0.2) is 0 Å². The number of likely N-dealkylation sites (N-methyl/N-ethyl adjacent to an activating group) is 1. The van der Waals surface area contributed by atoms with E-state index in [1.165, 1.54) is 4.88 Å². The number of thiophene rings is 1. The highest BCUT2D eigenvalue weighted by molar-refractivity contribution is 7.09. The predicted octanol–water partition coefficient (Wildman–Crippen LogP) is 2.01. The standard InChI is InChI=1S/C15H22N2O2S/c1-12(18)17-9-5-13(6-10-17)15(19)16(2)8-7-14-4-3-11-20-14/h3-4,11,13H,5-10H2,1-2H3. The van der Waals surface area contributed by atoms with Gasteiger partial charge >= 0.3 is 0 Å². The van der Waals surface area contributed by atoms with Crippen molar-refractivity contribution in [3.8, 4) is 0 Å². The van der Waals surface area contributed by atoms with Gasteiger partial charge in [-0.2, -0.15) is 0 Å². The number of amides is 2. The van der Waals surface area contributed by atoms with E-state index < -0.39 is 0 Å². The zero-order valence-corrected chi connectivity index (χ0v) is 13.0. The number of carbonyl (C=O) groups is 2. The average Bonchev–Trinajstić information content (AvgIpc) is 2.97. The Hall–Kier alpha value is -1.36. The van der Waals surface area contributed by atoms with Crippen LogP contribution in [0.15, 0.2) is 17.5 Å². The summed E-state index contributed by atoms with van der Waals surface area (Å²) >= 11 is 1.73. The summed E-state index contributed by atoms with van der Waals surface area (Å²) in [5.41, 5.74) is 0. The van der Waals surface area contributed by atoms with E-state index in [4.69, 9.17) is 0 Å². The van der Waals surface area contributed by atoms with Crippen molar-refractivity contribution in [2.45, 2.75) is 26.2 Å². The molecule has 110 valence electrons. The minimum Gasteiger partial charge on any atom is -0.345 e. The summed E-state index contributed by atoms with van der Waals surface area (Å²) in [5, 5.41) is 2.06. The molecule has 1 aliphatic rings. The molecular weight excluding hydrogens is 272 g/mol. The second kappa shape index (κ2) is 6.88. The van der Waals surface area contributed by atoms with Crippen molar-refractivity contribution in [3.05, 3.63) is 22.4 Å². The van der Waals surface area contributed by atoms with Gasteiger partial charge in [0, 0.05) is 44.4 Å². The van der Waals surface area contributed by atoms with Gasteiger partial charge in [-0.05, 0) is 30.7 Å². The molecule has 1 aromatic rings. The monoisotopic (exact) mass is 294 g/mol. The quantitative estimate of drug-likeness (QED) is 0.852. The van der Waals surface area contributed by atoms with Gasteiger partial charge in [-0.25, -0.2) is 0 Å². The zero-order valence-electron chi connectivity index (χ0n) is 12.2. The first kappa shape index (κ1) is 15.0. The molecular formula is C15H22N2O2S. The molecule has 1 aliphatic heterocycles. The van der Waals surface area contributed by atoms with Crippen molar-refractivity contribution >= 4 is 23.2 Å². The third kappa shape index (κ3) is 3.82. The Morgan fingerprint density at radius 3 is 2.65 bits per heavy atom. The van der Waals surface area contributed by atoms with Crippen LogP contribution in [0.1, 0.15) is 24.6 Å². The number of piperidine rings is 1. The van der Waals surface area contributed by atoms with Crippen LogP contribution >= 0.6 is 11.3 Å². The molecule has 0 radical (unpaired) electrons. The minimum absolute atomic E-state index is 0.0823. The normalized spacial score (nSPS) is 16.2. The minimum atomic E-state index is 0.0823. The molecule has 0 aromatic carbocycles. The highest BCUT2D eigenvalue weighted by Gasteiger charge is 2.27. The van der Waals surface area contributed by atoms with Crippen molar-refractivity contribution in [2.24, 2.45) is 5.92 Å². The van der Waals surface area contributed by atoms with Gasteiger partial charge in [0.25, 0.3) is 0 Å². The van der Waals surface area contributed by atoms with Crippen LogP contribution in [0, 0.1) is 5.92 Å². The lowest BCUT2D eigenvalue weighted by Gasteiger charge is -2.32. The fraction of sp³-hybridized carbons (Fsp3) is 0.600. The first-order valence-corrected chi connectivity index (χ1v) is 7.98. The molecule has 5 heteroatoms. The first-order valence-electron chi connectivity index (χ1n) is 7.11. The molecule has 20 heavy (non-hydrogen) atoms. The fourth-order valence-corrected chi connectivity index (χ4v) is 3.29. The average molecular weight is 294 g/mol. The molecule has 0 unspecified atom stereocenters. The molecule has 1 aromatic heterocycles. The van der Waals surface area contributed by atoms with Crippen LogP contribution in [0.5, 0.6) is 0 Å². The topological polar surface area (TPSA) is 40.6 Å². The molecule has 2 heterocycles. The predicted molar refractivity (Wildman–Crippen MR) is 80.6 cm³/mol. The highest BCUT2D eigenvalue weighted by atomic mass is 32.1. The van der Waals surface area contributed by atoms with E-state index in [0.29, 0.717) is 13.1 Å². The van der Waals surface area contributed by atoms with Gasteiger partial charge in [0.05, 0.1) is 0 Å². The molecule has 0 atom stereocenters. The Balaban J connectivity index is 1.77. The Morgan fingerprint density at radius 2 is 2.10 bits per heavy atom. The number of carbonyl (C=O) groups excluding carboxylic acids is 2. The number of nitrogens with zero attached hydrogens (tertiary/aromatic N) is 2. The SMILES string of the molecule is CC(=O)N1CCC(C(=O)N(C)CCc2cccs2)CC1. The maximum Gasteiger partial charge on any atom is 0.225 e. The summed E-state index contributed by atoms with van der Waals surface area (Å²) in [5.74, 6) is 0.422. The Morgan fingerprint density at radius 1 is 1.40 bits per heavy atom. The summed E-state index contributed by atoms with van der Waals surface area (Å²) in [6.07, 6.45) is 2.51. The lowest BCUT2D eigenvalue weighted by atomic mass is 9.95. The number of hydrogen-bond acceptors (Lipinski definition) is 3. The summed E-state index contributed by atoms with van der Waals surface area (Å²) in [6, 6.07) is 4.15. The number of likely N-dealkylation sites (tertiary alicyclic amines) is 1. The molecule has 1 fully saturated rings. The van der Waals surface area contributed by atoms with Crippen molar-refractivity contribution in [1.29, 1.82) is 0 Å². The Bertz CT molecular complexity index is 450. The molecule has 1 saturated heterocycles. The van der Waals surface area contributed by atoms with Crippen LogP contribution in [-0.4, -0.2) is 48.3 Å². The van der Waals surface area contributed by atoms with Crippen LogP contribution in [-0.2, 0) is 16.0 Å². The Labute approximate surface area is 124 Å². The fourth-order valence-electron chi connectivity index (χ4n) is 2.60. The number of rotatable bonds is 4.